The maximum atomic E-state index is 5.89. The monoisotopic (exact) mass is 370 g/mol. The van der Waals surface area contributed by atoms with E-state index in [1.165, 1.54) is 0 Å². The summed E-state index contributed by atoms with van der Waals surface area (Å²) in [6.45, 7) is 8.11. The predicted octanol–water partition coefficient (Wildman–Crippen LogP) is 2.73. The second-order valence-electron chi connectivity index (χ2n) is 5.47. The minimum absolute atomic E-state index is 0.242. The second-order valence-corrected chi connectivity index (χ2v) is 6.79. The van der Waals surface area contributed by atoms with Crippen molar-refractivity contribution in [2.45, 2.75) is 32.7 Å². The fourth-order valence-electron chi connectivity index (χ4n) is 2.75. The van der Waals surface area contributed by atoms with Crippen molar-refractivity contribution in [3.8, 4) is 0 Å². The fourth-order valence-corrected chi connectivity index (χ4v) is 3.24. The molecule has 1 aromatic rings. The zero-order valence-electron chi connectivity index (χ0n) is 12.7. The Morgan fingerprint density at radius 1 is 1.38 bits per heavy atom. The molecule has 2 N–H and O–H groups in total. The third-order valence-electron chi connectivity index (χ3n) is 3.98. The number of halogens is 1. The summed E-state index contributed by atoms with van der Waals surface area (Å²) in [5.41, 5.74) is 6.92. The largest absolute Gasteiger partial charge is 0.392 e. The lowest BCUT2D eigenvalue weighted by atomic mass is 10.1. The smallest absolute Gasteiger partial charge is 0.128 e. The highest BCUT2D eigenvalue weighted by Gasteiger charge is 2.25. The van der Waals surface area contributed by atoms with E-state index in [0.717, 1.165) is 55.0 Å². The van der Waals surface area contributed by atoms with Crippen LogP contribution in [0.1, 0.15) is 25.5 Å². The van der Waals surface area contributed by atoms with Crippen LogP contribution in [0.2, 0.25) is 0 Å². The van der Waals surface area contributed by atoms with Crippen molar-refractivity contribution in [1.82, 2.24) is 9.88 Å². The van der Waals surface area contributed by atoms with Crippen molar-refractivity contribution in [2.75, 3.05) is 31.1 Å². The van der Waals surface area contributed by atoms with E-state index in [1.807, 2.05) is 6.92 Å². The summed E-state index contributed by atoms with van der Waals surface area (Å²) in [5, 5.41) is 0. The Labute approximate surface area is 140 Å². The van der Waals surface area contributed by atoms with Gasteiger partial charge in [-0.1, -0.05) is 25.6 Å². The first-order chi connectivity index (χ1) is 10.0. The summed E-state index contributed by atoms with van der Waals surface area (Å²) in [6, 6.07) is 4.38. The van der Waals surface area contributed by atoms with Crippen LogP contribution in [0.4, 0.5) is 5.82 Å². The molecule has 0 bridgehead atoms. The molecule has 1 aromatic heterocycles. The van der Waals surface area contributed by atoms with Gasteiger partial charge in [0, 0.05) is 30.7 Å². The molecule has 116 valence electrons. The Bertz CT molecular complexity index is 500. The topological polar surface area (TPSA) is 45.4 Å². The van der Waals surface area contributed by atoms with Crippen LogP contribution in [0.5, 0.6) is 0 Å². The number of nitrogens with zero attached hydrogens (tertiary/aromatic N) is 3. The van der Waals surface area contributed by atoms with Gasteiger partial charge >= 0.3 is 0 Å². The lowest BCUT2D eigenvalue weighted by Gasteiger charge is -2.39. The van der Waals surface area contributed by atoms with Gasteiger partial charge in [0.15, 0.2) is 0 Å². The van der Waals surface area contributed by atoms with Crippen LogP contribution in [-0.4, -0.2) is 47.1 Å². The van der Waals surface area contributed by atoms with Crippen molar-refractivity contribution in [3.63, 3.8) is 0 Å². The van der Waals surface area contributed by atoms with Gasteiger partial charge in [0.05, 0.1) is 16.7 Å². The third kappa shape index (κ3) is 4.14. The van der Waals surface area contributed by atoms with E-state index in [-0.39, 0.29) is 6.04 Å². The van der Waals surface area contributed by atoms with E-state index in [0.29, 0.717) is 4.99 Å². The maximum Gasteiger partial charge on any atom is 0.128 e. The Balaban J connectivity index is 1.99. The van der Waals surface area contributed by atoms with Crippen LogP contribution in [0.3, 0.4) is 0 Å². The molecular formula is C15H23BrN4S. The van der Waals surface area contributed by atoms with Crippen LogP contribution in [0.25, 0.3) is 0 Å². The van der Waals surface area contributed by atoms with Gasteiger partial charge in [0.2, 0.25) is 0 Å². The molecule has 1 aliphatic rings. The number of thiocarbonyl (C=S) groups is 1. The zero-order chi connectivity index (χ0) is 15.4. The number of anilines is 1. The van der Waals surface area contributed by atoms with Crippen LogP contribution in [-0.2, 0) is 0 Å². The highest BCUT2D eigenvalue weighted by molar-refractivity contribution is 9.10. The predicted molar refractivity (Wildman–Crippen MR) is 95.9 cm³/mol. The number of rotatable bonds is 5. The van der Waals surface area contributed by atoms with Crippen molar-refractivity contribution < 1.29 is 0 Å². The van der Waals surface area contributed by atoms with Gasteiger partial charge in [-0.3, -0.25) is 4.90 Å². The highest BCUT2D eigenvalue weighted by Crippen LogP contribution is 2.21. The van der Waals surface area contributed by atoms with Crippen LogP contribution >= 0.6 is 28.1 Å². The number of aryl methyl sites for hydroxylation is 1. The summed E-state index contributed by atoms with van der Waals surface area (Å²) in [6.07, 6.45) is 2.15. The number of aromatic nitrogens is 1. The van der Waals surface area contributed by atoms with Crippen molar-refractivity contribution in [2.24, 2.45) is 5.73 Å². The third-order valence-corrected chi connectivity index (χ3v) is 5.09. The molecule has 4 nitrogen and oxygen atoms in total. The molecule has 0 saturated carbocycles. The minimum Gasteiger partial charge on any atom is -0.392 e. The number of hydrogen-bond acceptors (Lipinski definition) is 4. The fraction of sp³-hybridized carbons (Fsp3) is 0.600. The quantitative estimate of drug-likeness (QED) is 0.807. The first kappa shape index (κ1) is 16.6. The SMILES string of the molecule is CCCC(C(N)=S)N1CCN(c2ccc(Br)c(C)n2)CC1. The minimum atomic E-state index is 0.242. The number of nitrogens with two attached hydrogens (primary N) is 1. The van der Waals surface area contributed by atoms with Crippen molar-refractivity contribution in [1.29, 1.82) is 0 Å². The molecule has 1 atom stereocenters. The van der Waals surface area contributed by atoms with Gasteiger partial charge in [-0.25, -0.2) is 4.98 Å². The second kappa shape index (κ2) is 7.51. The number of pyridine rings is 1. The lowest BCUT2D eigenvalue weighted by molar-refractivity contribution is 0.219. The molecule has 1 aliphatic heterocycles. The van der Waals surface area contributed by atoms with Gasteiger partial charge in [-0.2, -0.15) is 0 Å². The molecule has 6 heteroatoms. The van der Waals surface area contributed by atoms with Gasteiger partial charge in [0.25, 0.3) is 0 Å². The molecule has 21 heavy (non-hydrogen) atoms. The van der Waals surface area contributed by atoms with E-state index in [2.05, 4.69) is 49.8 Å². The summed E-state index contributed by atoms with van der Waals surface area (Å²) < 4.78 is 1.06. The van der Waals surface area contributed by atoms with Gasteiger partial charge in [-0.05, 0) is 41.4 Å². The molecule has 0 aliphatic carbocycles. The van der Waals surface area contributed by atoms with E-state index >= 15 is 0 Å². The summed E-state index contributed by atoms with van der Waals surface area (Å²) in [7, 11) is 0. The van der Waals surface area contributed by atoms with Crippen LogP contribution < -0.4 is 10.6 Å². The molecule has 1 fully saturated rings. The molecule has 0 spiro atoms. The van der Waals surface area contributed by atoms with Gasteiger partial charge < -0.3 is 10.6 Å². The molecule has 1 unspecified atom stereocenters. The van der Waals surface area contributed by atoms with E-state index in [4.69, 9.17) is 18.0 Å². The summed E-state index contributed by atoms with van der Waals surface area (Å²) in [5.74, 6) is 1.05. The molecule has 1 saturated heterocycles. The van der Waals surface area contributed by atoms with Gasteiger partial charge in [-0.15, -0.1) is 0 Å². The normalized spacial score (nSPS) is 17.8. The van der Waals surface area contributed by atoms with E-state index in [9.17, 15) is 0 Å². The summed E-state index contributed by atoms with van der Waals surface area (Å²) >= 11 is 8.72. The number of hydrogen-bond donors (Lipinski definition) is 1. The average molecular weight is 371 g/mol. The Hall–Kier alpha value is -0.720. The molecule has 2 rings (SSSR count). The molecule has 0 amide bonds. The average Bonchev–Trinajstić information content (AvgIpc) is 2.47. The van der Waals surface area contributed by atoms with E-state index < -0.39 is 0 Å². The maximum absolute atomic E-state index is 5.89. The zero-order valence-corrected chi connectivity index (χ0v) is 15.1. The Morgan fingerprint density at radius 3 is 2.57 bits per heavy atom. The van der Waals surface area contributed by atoms with Crippen LogP contribution in [0, 0.1) is 6.92 Å². The van der Waals surface area contributed by atoms with Crippen LogP contribution in [0.15, 0.2) is 16.6 Å². The Morgan fingerprint density at radius 2 is 2.05 bits per heavy atom. The Kier molecular flexibility index (Phi) is 5.96. The van der Waals surface area contributed by atoms with Gasteiger partial charge in [0.1, 0.15) is 5.82 Å². The first-order valence-electron chi connectivity index (χ1n) is 7.44. The molecule has 2 heterocycles. The molecule has 0 aromatic carbocycles. The summed E-state index contributed by atoms with van der Waals surface area (Å²) in [4.78, 5) is 10.0. The molecule has 0 radical (unpaired) electrons. The molecular weight excluding hydrogens is 348 g/mol. The number of piperazine rings is 1. The van der Waals surface area contributed by atoms with Crippen molar-refractivity contribution >= 4 is 39.0 Å². The van der Waals surface area contributed by atoms with E-state index in [1.54, 1.807) is 0 Å². The van der Waals surface area contributed by atoms with Crippen molar-refractivity contribution in [3.05, 3.63) is 22.3 Å². The lowest BCUT2D eigenvalue weighted by Crippen LogP contribution is -2.54. The highest BCUT2D eigenvalue weighted by atomic mass is 79.9. The first-order valence-corrected chi connectivity index (χ1v) is 8.64. The standard InChI is InChI=1S/C15H23BrN4S/c1-3-4-13(15(17)21)19-7-9-20(10-8-19)14-6-5-12(16)11(2)18-14/h5-6,13H,3-4,7-10H2,1-2H3,(H2,17,21).